The van der Waals surface area contributed by atoms with Gasteiger partial charge < -0.3 is 15.4 Å². The average Bonchev–Trinajstić information content (AvgIpc) is 2.77. The van der Waals surface area contributed by atoms with Crippen LogP contribution in [-0.4, -0.2) is 63.8 Å². The van der Waals surface area contributed by atoms with Gasteiger partial charge in [0.15, 0.2) is 0 Å². The largest absolute Gasteiger partial charge is 0.383 e. The molecule has 0 aromatic carbocycles. The highest BCUT2D eigenvalue weighted by atomic mass is 16.5. The van der Waals surface area contributed by atoms with Crippen LogP contribution in [0.5, 0.6) is 0 Å². The monoisotopic (exact) mass is 243 g/mol. The molecule has 1 amide bonds. The van der Waals surface area contributed by atoms with Gasteiger partial charge in [0, 0.05) is 26.2 Å². The number of hydrogen-bond donors (Lipinski definition) is 2. The molecular weight excluding hydrogens is 218 g/mol. The van der Waals surface area contributed by atoms with Crippen molar-refractivity contribution in [3.8, 4) is 0 Å². The third-order valence-electron chi connectivity index (χ3n) is 3.42. The number of methoxy groups -OCH3 is 1. The van der Waals surface area contributed by atoms with Crippen LogP contribution in [0.1, 0.15) is 13.3 Å². The lowest BCUT2D eigenvalue weighted by molar-refractivity contribution is -0.122. The molecule has 100 valence electrons. The number of amides is 1. The molecule has 1 aliphatic rings. The Kier molecular flexibility index (Phi) is 6.47. The summed E-state index contributed by atoms with van der Waals surface area (Å²) in [6.07, 6.45) is 1.16. The highest BCUT2D eigenvalue weighted by molar-refractivity contribution is 5.78. The molecule has 0 aromatic heterocycles. The Balaban J connectivity index is 2.27. The van der Waals surface area contributed by atoms with Crippen LogP contribution < -0.4 is 10.6 Å². The van der Waals surface area contributed by atoms with Crippen LogP contribution in [-0.2, 0) is 9.53 Å². The van der Waals surface area contributed by atoms with Crippen molar-refractivity contribution in [2.75, 3.05) is 46.9 Å². The number of rotatable bonds is 7. The molecule has 1 rings (SSSR count). The van der Waals surface area contributed by atoms with E-state index >= 15 is 0 Å². The first-order valence-corrected chi connectivity index (χ1v) is 6.35. The molecular formula is C12H25N3O2. The van der Waals surface area contributed by atoms with Crippen LogP contribution in [0.3, 0.4) is 0 Å². The zero-order chi connectivity index (χ0) is 12.7. The van der Waals surface area contributed by atoms with E-state index in [0.29, 0.717) is 31.7 Å². The van der Waals surface area contributed by atoms with Gasteiger partial charge in [-0.3, -0.25) is 9.69 Å². The summed E-state index contributed by atoms with van der Waals surface area (Å²) in [4.78, 5) is 13.8. The lowest BCUT2D eigenvalue weighted by atomic mass is 10.00. The summed E-state index contributed by atoms with van der Waals surface area (Å²) in [5, 5.41) is 6.23. The van der Waals surface area contributed by atoms with E-state index in [2.05, 4.69) is 22.5 Å². The predicted octanol–water partition coefficient (Wildman–Crippen LogP) is -0.321. The highest BCUT2D eigenvalue weighted by Gasteiger charge is 2.29. The lowest BCUT2D eigenvalue weighted by Crippen LogP contribution is -2.44. The van der Waals surface area contributed by atoms with E-state index in [4.69, 9.17) is 4.74 Å². The fraction of sp³-hybridized carbons (Fsp3) is 0.917. The normalized spacial score (nSPS) is 24.2. The van der Waals surface area contributed by atoms with Crippen molar-refractivity contribution < 1.29 is 9.53 Å². The van der Waals surface area contributed by atoms with Crippen molar-refractivity contribution in [1.82, 2.24) is 15.5 Å². The van der Waals surface area contributed by atoms with Crippen molar-refractivity contribution in [3.05, 3.63) is 0 Å². The van der Waals surface area contributed by atoms with Crippen LogP contribution in [0, 0.1) is 5.92 Å². The number of nitrogens with one attached hydrogen (secondary N) is 2. The maximum absolute atomic E-state index is 11.7. The fourth-order valence-corrected chi connectivity index (χ4v) is 2.34. The molecule has 0 spiro atoms. The minimum absolute atomic E-state index is 0.0753. The van der Waals surface area contributed by atoms with Gasteiger partial charge in [0.05, 0.1) is 13.2 Å². The molecule has 2 atom stereocenters. The van der Waals surface area contributed by atoms with E-state index in [1.165, 1.54) is 0 Å². The predicted molar refractivity (Wildman–Crippen MR) is 68.0 cm³/mol. The minimum atomic E-state index is 0.0753. The van der Waals surface area contributed by atoms with Crippen molar-refractivity contribution in [2.45, 2.75) is 19.4 Å². The zero-order valence-corrected chi connectivity index (χ0v) is 11.2. The Hall–Kier alpha value is -0.650. The van der Waals surface area contributed by atoms with Crippen LogP contribution in [0.25, 0.3) is 0 Å². The van der Waals surface area contributed by atoms with Crippen molar-refractivity contribution in [3.63, 3.8) is 0 Å². The third kappa shape index (κ3) is 4.61. The van der Waals surface area contributed by atoms with Crippen LogP contribution >= 0.6 is 0 Å². The molecule has 5 nitrogen and oxygen atoms in total. The highest BCUT2D eigenvalue weighted by Crippen LogP contribution is 2.17. The number of hydrogen-bond acceptors (Lipinski definition) is 4. The summed E-state index contributed by atoms with van der Waals surface area (Å²) < 4.78 is 4.89. The number of ether oxygens (including phenoxy) is 1. The zero-order valence-electron chi connectivity index (χ0n) is 11.2. The Morgan fingerprint density at radius 2 is 2.29 bits per heavy atom. The molecule has 0 bridgehead atoms. The second-order valence-electron chi connectivity index (χ2n) is 4.65. The summed E-state index contributed by atoms with van der Waals surface area (Å²) in [7, 11) is 3.66. The molecule has 2 N–H and O–H groups in total. The molecule has 17 heavy (non-hydrogen) atoms. The van der Waals surface area contributed by atoms with Gasteiger partial charge in [-0.25, -0.2) is 0 Å². The molecule has 5 heteroatoms. The Bertz CT molecular complexity index is 236. The molecule has 2 unspecified atom stereocenters. The number of carbonyl (C=O) groups excluding carboxylic acids is 1. The van der Waals surface area contributed by atoms with Crippen LogP contribution in [0.4, 0.5) is 0 Å². The quantitative estimate of drug-likeness (QED) is 0.602. The average molecular weight is 243 g/mol. The molecule has 1 aliphatic heterocycles. The lowest BCUT2D eigenvalue weighted by Gasteiger charge is -2.27. The molecule has 1 heterocycles. The maximum atomic E-state index is 11.7. The second kappa shape index (κ2) is 7.63. The van der Waals surface area contributed by atoms with Gasteiger partial charge in [-0.05, 0) is 19.5 Å². The number of nitrogens with zero attached hydrogens (tertiary/aromatic N) is 1. The summed E-state index contributed by atoms with van der Waals surface area (Å²) >= 11 is 0. The minimum Gasteiger partial charge on any atom is -0.383 e. The number of likely N-dealkylation sites (N-methyl/N-ethyl adjacent to an activating group) is 1. The Morgan fingerprint density at radius 1 is 1.53 bits per heavy atom. The van der Waals surface area contributed by atoms with Gasteiger partial charge in [0.2, 0.25) is 5.91 Å². The molecule has 0 radical (unpaired) electrons. The third-order valence-corrected chi connectivity index (χ3v) is 3.42. The Morgan fingerprint density at radius 3 is 2.94 bits per heavy atom. The second-order valence-corrected chi connectivity index (χ2v) is 4.65. The standard InChI is InChI=1S/C12H25N3O2/c1-4-10-7-13-8-11(10)15(2)9-12(16)14-5-6-17-3/h10-11,13H,4-9H2,1-3H3,(H,14,16). The molecule has 0 aromatic rings. The van der Waals surface area contributed by atoms with Crippen molar-refractivity contribution in [2.24, 2.45) is 5.92 Å². The summed E-state index contributed by atoms with van der Waals surface area (Å²) in [6.45, 7) is 5.88. The first-order valence-electron chi connectivity index (χ1n) is 6.35. The summed E-state index contributed by atoms with van der Waals surface area (Å²) in [6, 6.07) is 0.480. The fourth-order valence-electron chi connectivity index (χ4n) is 2.34. The Labute approximate surface area is 104 Å². The van der Waals surface area contributed by atoms with Gasteiger partial charge in [-0.2, -0.15) is 0 Å². The van der Waals surface area contributed by atoms with E-state index in [9.17, 15) is 4.79 Å². The van der Waals surface area contributed by atoms with E-state index in [0.717, 1.165) is 19.5 Å². The molecule has 0 saturated carbocycles. The van der Waals surface area contributed by atoms with E-state index in [-0.39, 0.29) is 5.91 Å². The van der Waals surface area contributed by atoms with Gasteiger partial charge in [0.25, 0.3) is 0 Å². The number of carbonyl (C=O) groups is 1. The topological polar surface area (TPSA) is 53.6 Å². The van der Waals surface area contributed by atoms with E-state index < -0.39 is 0 Å². The maximum Gasteiger partial charge on any atom is 0.234 e. The van der Waals surface area contributed by atoms with Gasteiger partial charge >= 0.3 is 0 Å². The molecule has 0 aliphatic carbocycles. The van der Waals surface area contributed by atoms with Crippen LogP contribution in [0.15, 0.2) is 0 Å². The summed E-state index contributed by atoms with van der Waals surface area (Å²) in [5.74, 6) is 0.734. The van der Waals surface area contributed by atoms with E-state index in [1.807, 2.05) is 7.05 Å². The molecule has 1 fully saturated rings. The van der Waals surface area contributed by atoms with E-state index in [1.54, 1.807) is 7.11 Å². The molecule has 1 saturated heterocycles. The van der Waals surface area contributed by atoms with Crippen LogP contribution in [0.2, 0.25) is 0 Å². The summed E-state index contributed by atoms with van der Waals surface area (Å²) in [5.41, 5.74) is 0. The van der Waals surface area contributed by atoms with Crippen molar-refractivity contribution in [1.29, 1.82) is 0 Å². The smallest absolute Gasteiger partial charge is 0.234 e. The van der Waals surface area contributed by atoms with Gasteiger partial charge in [-0.1, -0.05) is 13.3 Å². The van der Waals surface area contributed by atoms with Gasteiger partial charge in [0.1, 0.15) is 0 Å². The van der Waals surface area contributed by atoms with Gasteiger partial charge in [-0.15, -0.1) is 0 Å². The SMILES string of the molecule is CCC1CNCC1N(C)CC(=O)NCCOC. The van der Waals surface area contributed by atoms with Crippen molar-refractivity contribution >= 4 is 5.91 Å². The first-order chi connectivity index (χ1) is 8.19. The first kappa shape index (κ1) is 14.4.